The lowest BCUT2D eigenvalue weighted by Crippen LogP contribution is -1.92. The van der Waals surface area contributed by atoms with E-state index in [1.165, 1.54) is 0 Å². The Morgan fingerprint density at radius 1 is 1.13 bits per heavy atom. The second-order valence-electron chi connectivity index (χ2n) is 3.03. The first-order chi connectivity index (χ1) is 7.24. The molecule has 0 atom stereocenters. The van der Waals surface area contributed by atoms with Crippen LogP contribution in [0.4, 0.5) is 0 Å². The average molecular weight is 268 g/mol. The average Bonchev–Trinajstić information content (AvgIpc) is 2.26. The molecule has 1 aromatic carbocycles. The van der Waals surface area contributed by atoms with Crippen LogP contribution >= 0.6 is 15.9 Å². The molecule has 78 valence electrons. The van der Waals surface area contributed by atoms with Gasteiger partial charge in [-0.15, -0.1) is 0 Å². The van der Waals surface area contributed by atoms with E-state index >= 15 is 0 Å². The predicted molar refractivity (Wildman–Crippen MR) is 62.5 cm³/mol. The molecule has 4 heteroatoms. The van der Waals surface area contributed by atoms with Gasteiger partial charge in [0.1, 0.15) is 5.75 Å². The fourth-order valence-corrected chi connectivity index (χ4v) is 1.77. The van der Waals surface area contributed by atoms with Crippen molar-refractivity contribution in [1.82, 2.24) is 4.98 Å². The molecule has 0 N–H and O–H groups in total. The van der Waals surface area contributed by atoms with Gasteiger partial charge in [-0.05, 0) is 18.2 Å². The van der Waals surface area contributed by atoms with Crippen molar-refractivity contribution in [3.8, 4) is 11.6 Å². The molecule has 0 saturated carbocycles. The fraction of sp³-hybridized carbons (Fsp3) is 0.182. The number of aromatic nitrogens is 1. The molecular weight excluding hydrogens is 258 g/mol. The summed E-state index contributed by atoms with van der Waals surface area (Å²) in [5.74, 6) is 1.32. The molecule has 0 saturated heterocycles. The molecule has 0 aliphatic rings. The van der Waals surface area contributed by atoms with Gasteiger partial charge in [-0.3, -0.25) is 0 Å². The molecule has 0 aliphatic heterocycles. The van der Waals surface area contributed by atoms with Gasteiger partial charge < -0.3 is 9.47 Å². The Hall–Kier alpha value is -1.29. The zero-order valence-electron chi connectivity index (χ0n) is 8.45. The van der Waals surface area contributed by atoms with E-state index in [-0.39, 0.29) is 0 Å². The number of nitrogens with zero attached hydrogens (tertiary/aromatic N) is 1. The highest BCUT2D eigenvalue weighted by molar-refractivity contribution is 9.10. The smallest absolute Gasteiger partial charge is 0.217 e. The van der Waals surface area contributed by atoms with E-state index in [9.17, 15) is 0 Å². The van der Waals surface area contributed by atoms with Gasteiger partial charge in [0, 0.05) is 15.9 Å². The highest BCUT2D eigenvalue weighted by Gasteiger charge is 2.06. The highest BCUT2D eigenvalue weighted by atomic mass is 79.9. The van der Waals surface area contributed by atoms with Crippen molar-refractivity contribution in [3.63, 3.8) is 0 Å². The molecule has 0 bridgehead atoms. The first kappa shape index (κ1) is 10.2. The number of hydrogen-bond donors (Lipinski definition) is 0. The third-order valence-electron chi connectivity index (χ3n) is 2.14. The van der Waals surface area contributed by atoms with Crippen LogP contribution in [-0.2, 0) is 0 Å². The molecule has 0 aliphatic carbocycles. The Labute approximate surface area is 96.2 Å². The maximum atomic E-state index is 5.27. The van der Waals surface area contributed by atoms with Crippen LogP contribution < -0.4 is 9.47 Å². The van der Waals surface area contributed by atoms with E-state index in [2.05, 4.69) is 20.9 Å². The summed E-state index contributed by atoms with van der Waals surface area (Å²) in [6.07, 6.45) is 0. The first-order valence-electron chi connectivity index (χ1n) is 4.43. The van der Waals surface area contributed by atoms with Crippen LogP contribution in [0.15, 0.2) is 28.7 Å². The molecule has 0 spiro atoms. The minimum absolute atomic E-state index is 0.553. The Morgan fingerprint density at radius 3 is 2.60 bits per heavy atom. The van der Waals surface area contributed by atoms with Gasteiger partial charge in [0.15, 0.2) is 0 Å². The molecular formula is C11H10BrNO2. The zero-order chi connectivity index (χ0) is 10.8. The molecule has 2 aromatic rings. The summed E-state index contributed by atoms with van der Waals surface area (Å²) >= 11 is 3.40. The van der Waals surface area contributed by atoms with Crippen LogP contribution in [-0.4, -0.2) is 19.2 Å². The molecule has 1 aromatic heterocycles. The summed E-state index contributed by atoms with van der Waals surface area (Å²) in [7, 11) is 3.22. The minimum atomic E-state index is 0.553. The van der Waals surface area contributed by atoms with Gasteiger partial charge >= 0.3 is 0 Å². The van der Waals surface area contributed by atoms with Crippen molar-refractivity contribution in [2.75, 3.05) is 14.2 Å². The third kappa shape index (κ3) is 1.90. The standard InChI is InChI=1S/C11H10BrNO2/c1-14-10-6-11(15-2)13-9-5-7(12)3-4-8(9)10/h3-6H,1-2H3. The van der Waals surface area contributed by atoms with Crippen molar-refractivity contribution >= 4 is 26.8 Å². The molecule has 0 amide bonds. The lowest BCUT2D eigenvalue weighted by atomic mass is 10.2. The summed E-state index contributed by atoms with van der Waals surface area (Å²) in [6.45, 7) is 0. The van der Waals surface area contributed by atoms with Crippen LogP contribution in [0, 0.1) is 0 Å². The SMILES string of the molecule is COc1cc(OC)c2ccc(Br)cc2n1. The molecule has 0 fully saturated rings. The normalized spacial score (nSPS) is 10.3. The Bertz CT molecular complexity index is 499. The third-order valence-corrected chi connectivity index (χ3v) is 2.63. The van der Waals surface area contributed by atoms with E-state index in [0.717, 1.165) is 21.1 Å². The summed E-state index contributed by atoms with van der Waals surface area (Å²) in [5, 5.41) is 0.974. The molecule has 3 nitrogen and oxygen atoms in total. The van der Waals surface area contributed by atoms with E-state index in [4.69, 9.17) is 9.47 Å². The summed E-state index contributed by atoms with van der Waals surface area (Å²) in [5.41, 5.74) is 0.848. The number of benzene rings is 1. The topological polar surface area (TPSA) is 31.4 Å². The quantitative estimate of drug-likeness (QED) is 0.838. The van der Waals surface area contributed by atoms with E-state index in [1.807, 2.05) is 18.2 Å². The van der Waals surface area contributed by atoms with Crippen LogP contribution in [0.1, 0.15) is 0 Å². The first-order valence-corrected chi connectivity index (χ1v) is 5.22. The van der Waals surface area contributed by atoms with Gasteiger partial charge in [0.2, 0.25) is 5.88 Å². The Morgan fingerprint density at radius 2 is 1.93 bits per heavy atom. The Kier molecular flexibility index (Phi) is 2.77. The van der Waals surface area contributed by atoms with Gasteiger partial charge in [0.25, 0.3) is 0 Å². The second-order valence-corrected chi connectivity index (χ2v) is 3.94. The summed E-state index contributed by atoms with van der Waals surface area (Å²) in [4.78, 5) is 4.33. The lowest BCUT2D eigenvalue weighted by Gasteiger charge is -2.07. The van der Waals surface area contributed by atoms with Gasteiger partial charge in [-0.2, -0.15) is 0 Å². The van der Waals surface area contributed by atoms with Gasteiger partial charge in [-0.1, -0.05) is 15.9 Å². The number of hydrogen-bond acceptors (Lipinski definition) is 3. The van der Waals surface area contributed by atoms with E-state index < -0.39 is 0 Å². The van der Waals surface area contributed by atoms with E-state index in [1.54, 1.807) is 20.3 Å². The van der Waals surface area contributed by atoms with Crippen LogP contribution in [0.2, 0.25) is 0 Å². The fourth-order valence-electron chi connectivity index (χ4n) is 1.42. The maximum Gasteiger partial charge on any atom is 0.217 e. The Balaban J connectivity index is 2.74. The van der Waals surface area contributed by atoms with Crippen molar-refractivity contribution in [1.29, 1.82) is 0 Å². The monoisotopic (exact) mass is 267 g/mol. The molecule has 2 rings (SSSR count). The number of ether oxygens (including phenoxy) is 2. The number of pyridine rings is 1. The van der Waals surface area contributed by atoms with Gasteiger partial charge in [0.05, 0.1) is 19.7 Å². The van der Waals surface area contributed by atoms with Crippen molar-refractivity contribution in [2.45, 2.75) is 0 Å². The zero-order valence-corrected chi connectivity index (χ0v) is 10.0. The van der Waals surface area contributed by atoms with Crippen LogP contribution in [0.25, 0.3) is 10.9 Å². The van der Waals surface area contributed by atoms with Crippen molar-refractivity contribution < 1.29 is 9.47 Å². The number of halogens is 1. The molecule has 0 radical (unpaired) electrons. The lowest BCUT2D eigenvalue weighted by molar-refractivity contribution is 0.386. The molecule has 15 heavy (non-hydrogen) atoms. The number of rotatable bonds is 2. The summed E-state index contributed by atoms with van der Waals surface area (Å²) in [6, 6.07) is 7.63. The molecule has 1 heterocycles. The highest BCUT2D eigenvalue weighted by Crippen LogP contribution is 2.29. The minimum Gasteiger partial charge on any atom is -0.496 e. The van der Waals surface area contributed by atoms with Gasteiger partial charge in [-0.25, -0.2) is 4.98 Å². The van der Waals surface area contributed by atoms with E-state index in [0.29, 0.717) is 5.88 Å². The maximum absolute atomic E-state index is 5.27. The largest absolute Gasteiger partial charge is 0.496 e. The van der Waals surface area contributed by atoms with Crippen molar-refractivity contribution in [3.05, 3.63) is 28.7 Å². The predicted octanol–water partition coefficient (Wildman–Crippen LogP) is 3.01. The summed E-state index contributed by atoms with van der Waals surface area (Å²) < 4.78 is 11.4. The number of methoxy groups -OCH3 is 2. The van der Waals surface area contributed by atoms with Crippen LogP contribution in [0.5, 0.6) is 11.6 Å². The molecule has 0 unspecified atom stereocenters. The number of fused-ring (bicyclic) bond motifs is 1. The second kappa shape index (κ2) is 4.06. The van der Waals surface area contributed by atoms with Crippen LogP contribution in [0.3, 0.4) is 0 Å². The van der Waals surface area contributed by atoms with Crippen molar-refractivity contribution in [2.24, 2.45) is 0 Å².